The van der Waals surface area contributed by atoms with Gasteiger partial charge in [0.2, 0.25) is 0 Å². The van der Waals surface area contributed by atoms with E-state index < -0.39 is 0 Å². The molecule has 2 atom stereocenters. The summed E-state index contributed by atoms with van der Waals surface area (Å²) in [6.07, 6.45) is 5.00. The van der Waals surface area contributed by atoms with Crippen molar-refractivity contribution in [3.63, 3.8) is 0 Å². The van der Waals surface area contributed by atoms with Gasteiger partial charge in [0.15, 0.2) is 5.82 Å². The van der Waals surface area contributed by atoms with Crippen LogP contribution in [0.5, 0.6) is 0 Å². The first-order chi connectivity index (χ1) is 8.16. The van der Waals surface area contributed by atoms with Crippen LogP contribution in [-0.2, 0) is 0 Å². The maximum Gasteiger partial charge on any atom is 0.154 e. The van der Waals surface area contributed by atoms with E-state index >= 15 is 0 Å². The van der Waals surface area contributed by atoms with Crippen LogP contribution in [-0.4, -0.2) is 27.2 Å². The van der Waals surface area contributed by atoms with Gasteiger partial charge in [-0.05, 0) is 32.3 Å². The predicted molar refractivity (Wildman–Crippen MR) is 68.3 cm³/mol. The average molecular weight is 230 g/mol. The molecule has 2 aromatic heterocycles. The van der Waals surface area contributed by atoms with Crippen LogP contribution in [0.25, 0.3) is 5.52 Å². The second-order valence-corrected chi connectivity index (χ2v) is 5.07. The molecule has 1 saturated heterocycles. The topological polar surface area (TPSA) is 33.4 Å². The van der Waals surface area contributed by atoms with Crippen LogP contribution in [0.1, 0.15) is 26.0 Å². The molecule has 1 fully saturated rings. The molecule has 4 heteroatoms. The molecule has 90 valence electrons. The smallest absolute Gasteiger partial charge is 0.154 e. The molecule has 3 heterocycles. The molecule has 1 aliphatic rings. The molecular formula is C13H18N4. The largest absolute Gasteiger partial charge is 0.352 e. The summed E-state index contributed by atoms with van der Waals surface area (Å²) >= 11 is 0. The Labute approximate surface area is 101 Å². The van der Waals surface area contributed by atoms with Gasteiger partial charge in [0, 0.05) is 25.0 Å². The van der Waals surface area contributed by atoms with Crippen LogP contribution < -0.4 is 4.90 Å². The third-order valence-corrected chi connectivity index (χ3v) is 3.90. The van der Waals surface area contributed by atoms with Crippen molar-refractivity contribution in [1.29, 1.82) is 0 Å². The van der Waals surface area contributed by atoms with Gasteiger partial charge in [-0.15, -0.1) is 0 Å². The zero-order valence-corrected chi connectivity index (χ0v) is 10.6. The maximum atomic E-state index is 4.55. The number of fused-ring (bicyclic) bond motifs is 1. The molecule has 3 rings (SSSR count). The molecule has 0 saturated carbocycles. The molecule has 0 N–H and O–H groups in total. The fourth-order valence-electron chi connectivity index (χ4n) is 2.65. The highest BCUT2D eigenvalue weighted by atomic mass is 15.3. The summed E-state index contributed by atoms with van der Waals surface area (Å²) in [5, 5.41) is 4.44. The number of rotatable bonds is 1. The second kappa shape index (κ2) is 3.72. The van der Waals surface area contributed by atoms with Gasteiger partial charge >= 0.3 is 0 Å². The van der Waals surface area contributed by atoms with Gasteiger partial charge in [0.1, 0.15) is 5.52 Å². The highest BCUT2D eigenvalue weighted by Crippen LogP contribution is 2.30. The molecule has 4 nitrogen and oxygen atoms in total. The summed E-state index contributed by atoms with van der Waals surface area (Å²) in [6.45, 7) is 7.71. The number of hydrogen-bond acceptors (Lipinski definition) is 3. The molecule has 1 aliphatic heterocycles. The van der Waals surface area contributed by atoms with Gasteiger partial charge < -0.3 is 4.90 Å². The fourth-order valence-corrected chi connectivity index (χ4v) is 2.65. The molecule has 0 radical (unpaired) electrons. The third-order valence-electron chi connectivity index (χ3n) is 3.90. The number of aryl methyl sites for hydroxylation is 1. The molecule has 0 bridgehead atoms. The van der Waals surface area contributed by atoms with Gasteiger partial charge in [0.05, 0.1) is 5.69 Å². The average Bonchev–Trinajstić information content (AvgIpc) is 2.82. The minimum Gasteiger partial charge on any atom is -0.352 e. The number of nitrogens with zero attached hydrogens (tertiary/aromatic N) is 4. The van der Waals surface area contributed by atoms with Crippen LogP contribution in [0, 0.1) is 12.8 Å². The van der Waals surface area contributed by atoms with Crippen molar-refractivity contribution >= 4 is 11.3 Å². The quantitative estimate of drug-likeness (QED) is 0.753. The molecule has 2 unspecified atom stereocenters. The van der Waals surface area contributed by atoms with Gasteiger partial charge in [-0.25, -0.2) is 9.50 Å². The van der Waals surface area contributed by atoms with Gasteiger partial charge in [0.25, 0.3) is 0 Å². The van der Waals surface area contributed by atoms with E-state index in [2.05, 4.69) is 34.9 Å². The number of aromatic nitrogens is 3. The SMILES string of the molecule is Cc1cc2c(N3CCC(C)C3C)nccn2n1. The molecule has 17 heavy (non-hydrogen) atoms. The van der Waals surface area contributed by atoms with E-state index in [1.807, 2.05) is 23.8 Å². The lowest BCUT2D eigenvalue weighted by atomic mass is 10.1. The van der Waals surface area contributed by atoms with E-state index in [9.17, 15) is 0 Å². The summed E-state index contributed by atoms with van der Waals surface area (Å²) < 4.78 is 1.92. The van der Waals surface area contributed by atoms with E-state index in [4.69, 9.17) is 0 Å². The molecule has 0 aromatic carbocycles. The fraction of sp³-hybridized carbons (Fsp3) is 0.538. The maximum absolute atomic E-state index is 4.55. The highest BCUT2D eigenvalue weighted by molar-refractivity contribution is 5.69. The summed E-state index contributed by atoms with van der Waals surface area (Å²) in [5.41, 5.74) is 2.16. The first kappa shape index (κ1) is 10.6. The lowest BCUT2D eigenvalue weighted by molar-refractivity contribution is 0.544. The molecular weight excluding hydrogens is 212 g/mol. The normalized spacial score (nSPS) is 24.8. The van der Waals surface area contributed by atoms with Gasteiger partial charge in [-0.1, -0.05) is 6.92 Å². The Morgan fingerprint density at radius 2 is 2.18 bits per heavy atom. The molecule has 0 amide bonds. The third kappa shape index (κ3) is 1.59. The highest BCUT2D eigenvalue weighted by Gasteiger charge is 2.29. The minimum absolute atomic E-state index is 0.559. The zero-order valence-electron chi connectivity index (χ0n) is 10.6. The summed E-state index contributed by atoms with van der Waals surface area (Å²) in [7, 11) is 0. The summed E-state index contributed by atoms with van der Waals surface area (Å²) in [4.78, 5) is 6.96. The first-order valence-corrected chi connectivity index (χ1v) is 6.24. The molecule has 0 spiro atoms. The van der Waals surface area contributed by atoms with Crippen molar-refractivity contribution in [1.82, 2.24) is 14.6 Å². The Morgan fingerprint density at radius 1 is 1.35 bits per heavy atom. The molecule has 2 aromatic rings. The number of anilines is 1. The number of hydrogen-bond donors (Lipinski definition) is 0. The lowest BCUT2D eigenvalue weighted by Crippen LogP contribution is -2.30. The predicted octanol–water partition coefficient (Wildman–Crippen LogP) is 2.27. The van der Waals surface area contributed by atoms with Gasteiger partial charge in [-0.3, -0.25) is 0 Å². The van der Waals surface area contributed by atoms with Crippen LogP contribution in [0.2, 0.25) is 0 Å². The Bertz CT molecular complexity index is 545. The van der Waals surface area contributed by atoms with E-state index in [0.717, 1.165) is 29.5 Å². The van der Waals surface area contributed by atoms with E-state index in [1.54, 1.807) is 0 Å². The van der Waals surface area contributed by atoms with Crippen LogP contribution >= 0.6 is 0 Å². The zero-order chi connectivity index (χ0) is 12.0. The van der Waals surface area contributed by atoms with E-state index in [-0.39, 0.29) is 0 Å². The Balaban J connectivity index is 2.11. The minimum atomic E-state index is 0.559. The van der Waals surface area contributed by atoms with Crippen molar-refractivity contribution in [2.24, 2.45) is 5.92 Å². The molecule has 0 aliphatic carbocycles. The Kier molecular flexibility index (Phi) is 2.31. The van der Waals surface area contributed by atoms with Crippen molar-refractivity contribution in [3.05, 3.63) is 24.2 Å². The van der Waals surface area contributed by atoms with Crippen molar-refractivity contribution in [2.75, 3.05) is 11.4 Å². The van der Waals surface area contributed by atoms with Crippen molar-refractivity contribution in [2.45, 2.75) is 33.2 Å². The Morgan fingerprint density at radius 3 is 2.88 bits per heavy atom. The standard InChI is InChI=1S/C13H18N4/c1-9-4-6-16(11(9)3)13-12-8-10(2)15-17(12)7-5-14-13/h5,7-9,11H,4,6H2,1-3H3. The summed E-state index contributed by atoms with van der Waals surface area (Å²) in [5.74, 6) is 1.81. The van der Waals surface area contributed by atoms with Crippen LogP contribution in [0.4, 0.5) is 5.82 Å². The monoisotopic (exact) mass is 230 g/mol. The van der Waals surface area contributed by atoms with Crippen molar-refractivity contribution < 1.29 is 0 Å². The first-order valence-electron chi connectivity index (χ1n) is 6.24. The van der Waals surface area contributed by atoms with Crippen molar-refractivity contribution in [3.8, 4) is 0 Å². The van der Waals surface area contributed by atoms with E-state index in [1.165, 1.54) is 6.42 Å². The van der Waals surface area contributed by atoms with Crippen LogP contribution in [0.15, 0.2) is 18.5 Å². The van der Waals surface area contributed by atoms with Crippen LogP contribution in [0.3, 0.4) is 0 Å². The van der Waals surface area contributed by atoms with Gasteiger partial charge in [-0.2, -0.15) is 5.10 Å². The summed E-state index contributed by atoms with van der Waals surface area (Å²) in [6, 6.07) is 2.67. The lowest BCUT2D eigenvalue weighted by Gasteiger charge is -2.24. The van der Waals surface area contributed by atoms with E-state index in [0.29, 0.717) is 6.04 Å². The Hall–Kier alpha value is -1.58. The second-order valence-electron chi connectivity index (χ2n) is 5.07.